The van der Waals surface area contributed by atoms with Crippen LogP contribution in [-0.4, -0.2) is 32.2 Å². The van der Waals surface area contributed by atoms with Crippen LogP contribution in [0.2, 0.25) is 5.02 Å². The summed E-state index contributed by atoms with van der Waals surface area (Å²) in [4.78, 5) is 16.7. The number of carbonyl (C=O) groups excluding carboxylic acids is 1. The van der Waals surface area contributed by atoms with Crippen LogP contribution < -0.4 is 5.32 Å². The number of nitrogens with zero attached hydrogens (tertiary/aromatic N) is 4. The fraction of sp³-hybridized carbons (Fsp3) is 0.250. The molecule has 0 fully saturated rings. The van der Waals surface area contributed by atoms with Gasteiger partial charge in [-0.15, -0.1) is 21.5 Å². The van der Waals surface area contributed by atoms with Gasteiger partial charge in [0.2, 0.25) is 0 Å². The lowest BCUT2D eigenvalue weighted by atomic mass is 10.1. The zero-order valence-electron chi connectivity index (χ0n) is 18.2. The fourth-order valence-corrected chi connectivity index (χ4v) is 5.19. The smallest absolute Gasteiger partial charge is 0.270 e. The van der Waals surface area contributed by atoms with Crippen LogP contribution in [-0.2, 0) is 12.2 Å². The number of hydrogen-bond donors (Lipinski definition) is 1. The number of carbonyl (C=O) groups is 1. The number of aromatic nitrogens is 4. The van der Waals surface area contributed by atoms with Gasteiger partial charge < -0.3 is 5.32 Å². The van der Waals surface area contributed by atoms with E-state index in [0.29, 0.717) is 29.4 Å². The van der Waals surface area contributed by atoms with Gasteiger partial charge in [0, 0.05) is 23.4 Å². The average molecular weight is 498 g/mol. The Morgan fingerprint density at radius 2 is 2.00 bits per heavy atom. The Bertz CT molecular complexity index is 1210. The van der Waals surface area contributed by atoms with Crippen LogP contribution in [0.15, 0.2) is 65.1 Å². The molecule has 6 nitrogen and oxygen atoms in total. The first-order valence-electron chi connectivity index (χ1n) is 10.7. The van der Waals surface area contributed by atoms with Crippen molar-refractivity contribution < 1.29 is 4.79 Å². The standard InChI is InChI=1S/C24H24ClN5OS2/c1-2-3-12-26-23(31)20-15-32-22(27-20)16-33-24-29-28-21(13-17-8-5-4-6-9-17)30(24)19-11-7-10-18(25)14-19/h4-11,14-15H,2-3,12-13,16H2,1H3,(H,26,31). The summed E-state index contributed by atoms with van der Waals surface area (Å²) >= 11 is 9.29. The molecule has 0 bridgehead atoms. The lowest BCUT2D eigenvalue weighted by Gasteiger charge is -2.10. The SMILES string of the molecule is CCCCNC(=O)c1csc(CSc2nnc(Cc3ccccc3)n2-c2cccc(Cl)c2)n1. The van der Waals surface area contributed by atoms with Crippen LogP contribution in [0.5, 0.6) is 0 Å². The molecule has 0 aliphatic carbocycles. The molecule has 0 saturated carbocycles. The van der Waals surface area contributed by atoms with Crippen LogP contribution >= 0.6 is 34.7 Å². The summed E-state index contributed by atoms with van der Waals surface area (Å²) in [6.07, 6.45) is 2.65. The summed E-state index contributed by atoms with van der Waals surface area (Å²) in [6, 6.07) is 17.9. The van der Waals surface area contributed by atoms with Crippen molar-refractivity contribution in [2.45, 2.75) is 37.1 Å². The normalized spacial score (nSPS) is 11.0. The zero-order chi connectivity index (χ0) is 23.0. The largest absolute Gasteiger partial charge is 0.351 e. The quantitative estimate of drug-likeness (QED) is 0.222. The molecule has 0 unspecified atom stereocenters. The van der Waals surface area contributed by atoms with Crippen molar-refractivity contribution in [3.63, 3.8) is 0 Å². The number of nitrogens with one attached hydrogen (secondary N) is 1. The highest BCUT2D eigenvalue weighted by atomic mass is 35.5. The molecule has 1 N–H and O–H groups in total. The third kappa shape index (κ3) is 6.22. The van der Waals surface area contributed by atoms with Crippen LogP contribution in [0.25, 0.3) is 5.69 Å². The molecular weight excluding hydrogens is 474 g/mol. The Morgan fingerprint density at radius 3 is 2.79 bits per heavy atom. The summed E-state index contributed by atoms with van der Waals surface area (Å²) in [5, 5.41) is 15.9. The number of thioether (sulfide) groups is 1. The second-order valence-electron chi connectivity index (χ2n) is 7.40. The van der Waals surface area contributed by atoms with Crippen molar-refractivity contribution >= 4 is 40.6 Å². The Kier molecular flexibility index (Phi) is 8.15. The molecule has 0 aliphatic heterocycles. The number of thiazole rings is 1. The zero-order valence-corrected chi connectivity index (χ0v) is 20.6. The average Bonchev–Trinajstić information content (AvgIpc) is 3.46. The Hall–Kier alpha value is -2.68. The molecule has 4 rings (SSSR count). The number of hydrogen-bond acceptors (Lipinski definition) is 6. The molecule has 2 aromatic carbocycles. The predicted octanol–water partition coefficient (Wildman–Crippen LogP) is 5.79. The van der Waals surface area contributed by atoms with Crippen LogP contribution in [0.3, 0.4) is 0 Å². The third-order valence-electron chi connectivity index (χ3n) is 4.90. The van der Waals surface area contributed by atoms with Crippen molar-refractivity contribution in [3.8, 4) is 5.69 Å². The molecular formula is C24H24ClN5OS2. The van der Waals surface area contributed by atoms with Crippen molar-refractivity contribution in [1.82, 2.24) is 25.1 Å². The minimum absolute atomic E-state index is 0.122. The van der Waals surface area contributed by atoms with E-state index in [0.717, 1.165) is 40.1 Å². The van der Waals surface area contributed by atoms with Crippen molar-refractivity contribution in [3.05, 3.63) is 87.1 Å². The number of halogens is 1. The highest BCUT2D eigenvalue weighted by Crippen LogP contribution is 2.28. The van der Waals surface area contributed by atoms with Gasteiger partial charge in [-0.25, -0.2) is 4.98 Å². The molecule has 33 heavy (non-hydrogen) atoms. The minimum Gasteiger partial charge on any atom is -0.351 e. The lowest BCUT2D eigenvalue weighted by Crippen LogP contribution is -2.24. The number of rotatable bonds is 10. The summed E-state index contributed by atoms with van der Waals surface area (Å²) in [6.45, 7) is 2.77. The third-order valence-corrected chi connectivity index (χ3v) is 7.10. The van der Waals surface area contributed by atoms with Crippen molar-refractivity contribution in [1.29, 1.82) is 0 Å². The first-order valence-corrected chi connectivity index (χ1v) is 13.0. The van der Waals surface area contributed by atoms with Crippen molar-refractivity contribution in [2.75, 3.05) is 6.54 Å². The molecule has 0 saturated heterocycles. The van der Waals surface area contributed by atoms with E-state index >= 15 is 0 Å². The van der Waals surface area contributed by atoms with E-state index in [9.17, 15) is 4.79 Å². The molecule has 1 amide bonds. The van der Waals surface area contributed by atoms with Gasteiger partial charge in [-0.05, 0) is 30.2 Å². The molecule has 4 aromatic rings. The first kappa shape index (κ1) is 23.5. The maximum atomic E-state index is 12.2. The van der Waals surface area contributed by atoms with E-state index in [1.807, 2.05) is 47.0 Å². The Labute approximate surface area is 206 Å². The highest BCUT2D eigenvalue weighted by Gasteiger charge is 2.17. The van der Waals surface area contributed by atoms with Gasteiger partial charge in [-0.3, -0.25) is 9.36 Å². The molecule has 0 radical (unpaired) electrons. The molecule has 0 atom stereocenters. The first-order chi connectivity index (χ1) is 16.1. The lowest BCUT2D eigenvalue weighted by molar-refractivity contribution is 0.0948. The molecule has 0 aliphatic rings. The summed E-state index contributed by atoms with van der Waals surface area (Å²) < 4.78 is 2.04. The van der Waals surface area contributed by atoms with Gasteiger partial charge in [-0.1, -0.05) is 73.1 Å². The molecule has 0 spiro atoms. The number of benzene rings is 2. The van der Waals surface area contributed by atoms with E-state index in [1.54, 1.807) is 17.1 Å². The van der Waals surface area contributed by atoms with Crippen LogP contribution in [0.1, 0.15) is 46.6 Å². The van der Waals surface area contributed by atoms with Gasteiger partial charge >= 0.3 is 0 Å². The summed E-state index contributed by atoms with van der Waals surface area (Å²) in [7, 11) is 0. The van der Waals surface area contributed by atoms with E-state index < -0.39 is 0 Å². The molecule has 170 valence electrons. The van der Waals surface area contributed by atoms with E-state index in [2.05, 4.69) is 39.6 Å². The van der Waals surface area contributed by atoms with E-state index in [1.165, 1.54) is 11.3 Å². The van der Waals surface area contributed by atoms with Gasteiger partial charge in [0.15, 0.2) is 5.16 Å². The molecule has 2 aromatic heterocycles. The van der Waals surface area contributed by atoms with Gasteiger partial charge in [0.05, 0.1) is 11.4 Å². The summed E-state index contributed by atoms with van der Waals surface area (Å²) in [5.74, 6) is 1.31. The maximum absolute atomic E-state index is 12.2. The number of unbranched alkanes of at least 4 members (excludes halogenated alkanes) is 1. The second kappa shape index (κ2) is 11.4. The highest BCUT2D eigenvalue weighted by molar-refractivity contribution is 7.98. The maximum Gasteiger partial charge on any atom is 0.270 e. The molecule has 2 heterocycles. The van der Waals surface area contributed by atoms with Crippen LogP contribution in [0, 0.1) is 0 Å². The second-order valence-corrected chi connectivity index (χ2v) is 9.72. The van der Waals surface area contributed by atoms with Crippen molar-refractivity contribution in [2.24, 2.45) is 0 Å². The van der Waals surface area contributed by atoms with E-state index in [4.69, 9.17) is 11.6 Å². The predicted molar refractivity (Wildman–Crippen MR) is 135 cm³/mol. The monoisotopic (exact) mass is 497 g/mol. The van der Waals surface area contributed by atoms with Gasteiger partial charge in [0.25, 0.3) is 5.91 Å². The van der Waals surface area contributed by atoms with Gasteiger partial charge in [0.1, 0.15) is 16.5 Å². The Morgan fingerprint density at radius 1 is 1.15 bits per heavy atom. The van der Waals surface area contributed by atoms with Gasteiger partial charge in [-0.2, -0.15) is 0 Å². The Balaban J connectivity index is 1.52. The fourth-order valence-electron chi connectivity index (χ4n) is 3.24. The van der Waals surface area contributed by atoms with E-state index in [-0.39, 0.29) is 5.91 Å². The molecule has 9 heteroatoms. The minimum atomic E-state index is -0.122. The van der Waals surface area contributed by atoms with Crippen LogP contribution in [0.4, 0.5) is 0 Å². The summed E-state index contributed by atoms with van der Waals surface area (Å²) in [5.41, 5.74) is 2.53. The topological polar surface area (TPSA) is 72.7 Å². The number of amides is 1.